The second kappa shape index (κ2) is 7.00. The normalized spacial score (nSPS) is 17.7. The van der Waals surface area contributed by atoms with Gasteiger partial charge in [0.25, 0.3) is 0 Å². The molecular weight excluding hydrogens is 341 g/mol. The van der Waals surface area contributed by atoms with E-state index in [1.165, 1.54) is 0 Å². The first-order valence-corrected chi connectivity index (χ1v) is 8.84. The fourth-order valence-electron chi connectivity index (χ4n) is 3.11. The third kappa shape index (κ3) is 3.35. The zero-order chi connectivity index (χ0) is 17.3. The van der Waals surface area contributed by atoms with Crippen molar-refractivity contribution in [1.29, 1.82) is 0 Å². The molecule has 1 aliphatic carbocycles. The number of alkyl halides is 2. The fourth-order valence-corrected chi connectivity index (χ4v) is 3.73. The van der Waals surface area contributed by atoms with Crippen LogP contribution in [0.15, 0.2) is 54.1 Å². The molecule has 2 unspecified atom stereocenters. The van der Waals surface area contributed by atoms with Gasteiger partial charge in [0.1, 0.15) is 11.0 Å². The lowest BCUT2D eigenvalue weighted by Gasteiger charge is -2.30. The molecule has 124 valence electrons. The van der Waals surface area contributed by atoms with Crippen LogP contribution >= 0.6 is 23.2 Å². The minimum absolute atomic E-state index is 0.125. The van der Waals surface area contributed by atoms with Crippen LogP contribution in [0.1, 0.15) is 35.3 Å². The van der Waals surface area contributed by atoms with E-state index in [1.54, 1.807) is 0 Å². The highest BCUT2D eigenvalue weighted by Gasteiger charge is 2.24. The lowest BCUT2D eigenvalue weighted by molar-refractivity contribution is 0.104. The SMILES string of the molecule is CC(Cl)N(c1ccc(C=C2Cc3ccccc3C2=O)cc1)C(C)Cl. The van der Waals surface area contributed by atoms with Gasteiger partial charge in [-0.3, -0.25) is 4.79 Å². The molecule has 0 radical (unpaired) electrons. The van der Waals surface area contributed by atoms with E-state index in [0.29, 0.717) is 6.42 Å². The lowest BCUT2D eigenvalue weighted by Crippen LogP contribution is -2.34. The second-order valence-electron chi connectivity index (χ2n) is 5.98. The number of fused-ring (bicyclic) bond motifs is 1. The molecule has 0 amide bonds. The molecule has 0 heterocycles. The first-order valence-electron chi connectivity index (χ1n) is 7.97. The first kappa shape index (κ1) is 17.1. The van der Waals surface area contributed by atoms with Gasteiger partial charge in [0.2, 0.25) is 0 Å². The van der Waals surface area contributed by atoms with Crippen LogP contribution in [-0.2, 0) is 6.42 Å². The van der Waals surface area contributed by atoms with Crippen molar-refractivity contribution in [2.75, 3.05) is 4.90 Å². The van der Waals surface area contributed by atoms with E-state index in [-0.39, 0.29) is 16.8 Å². The van der Waals surface area contributed by atoms with Gasteiger partial charge >= 0.3 is 0 Å². The predicted octanol–water partition coefficient (Wildman–Crippen LogP) is 5.49. The Labute approximate surface area is 152 Å². The summed E-state index contributed by atoms with van der Waals surface area (Å²) in [6.45, 7) is 3.79. The van der Waals surface area contributed by atoms with Crippen molar-refractivity contribution < 1.29 is 4.79 Å². The molecule has 0 N–H and O–H groups in total. The lowest BCUT2D eigenvalue weighted by atomic mass is 10.1. The maximum absolute atomic E-state index is 12.4. The van der Waals surface area contributed by atoms with Gasteiger partial charge in [-0.15, -0.1) is 0 Å². The largest absolute Gasteiger partial charge is 0.339 e. The van der Waals surface area contributed by atoms with Crippen LogP contribution in [0.2, 0.25) is 0 Å². The number of carbonyl (C=O) groups excluding carboxylic acids is 1. The van der Waals surface area contributed by atoms with Gasteiger partial charge in [-0.2, -0.15) is 0 Å². The molecule has 24 heavy (non-hydrogen) atoms. The Kier molecular flexibility index (Phi) is 4.98. The van der Waals surface area contributed by atoms with Crippen molar-refractivity contribution in [3.05, 3.63) is 70.8 Å². The summed E-state index contributed by atoms with van der Waals surface area (Å²) in [4.78, 5) is 14.4. The maximum atomic E-state index is 12.4. The van der Waals surface area contributed by atoms with Gasteiger partial charge < -0.3 is 4.90 Å². The molecule has 0 bridgehead atoms. The highest BCUT2D eigenvalue weighted by atomic mass is 35.5. The van der Waals surface area contributed by atoms with E-state index < -0.39 is 0 Å². The fraction of sp³-hybridized carbons (Fsp3) is 0.250. The zero-order valence-corrected chi connectivity index (χ0v) is 15.2. The third-order valence-corrected chi connectivity index (χ3v) is 4.65. The van der Waals surface area contributed by atoms with Gasteiger partial charge in [-0.05, 0) is 43.2 Å². The molecule has 0 fully saturated rings. The quantitative estimate of drug-likeness (QED) is 0.409. The van der Waals surface area contributed by atoms with Crippen molar-refractivity contribution in [2.24, 2.45) is 0 Å². The summed E-state index contributed by atoms with van der Waals surface area (Å²) in [6, 6.07) is 15.7. The Balaban J connectivity index is 1.84. The number of Topliss-reactive ketones (excluding diaryl/α,β-unsaturated/α-hetero) is 1. The summed E-state index contributed by atoms with van der Waals surface area (Å²) < 4.78 is 0. The van der Waals surface area contributed by atoms with Gasteiger partial charge in [0.05, 0.1) is 0 Å². The van der Waals surface area contributed by atoms with Crippen LogP contribution in [0.5, 0.6) is 0 Å². The summed E-state index contributed by atoms with van der Waals surface area (Å²) in [7, 11) is 0. The molecule has 2 aromatic rings. The van der Waals surface area contributed by atoms with E-state index in [1.807, 2.05) is 73.4 Å². The molecule has 0 spiro atoms. The number of benzene rings is 2. The molecule has 0 saturated heterocycles. The number of anilines is 1. The average Bonchev–Trinajstić information content (AvgIpc) is 2.85. The number of hydrogen-bond acceptors (Lipinski definition) is 2. The molecule has 3 rings (SSSR count). The molecular formula is C20H19Cl2NO. The van der Waals surface area contributed by atoms with Crippen LogP contribution in [0.3, 0.4) is 0 Å². The summed E-state index contributed by atoms with van der Waals surface area (Å²) in [5.74, 6) is 0.125. The van der Waals surface area contributed by atoms with Crippen LogP contribution in [0.4, 0.5) is 5.69 Å². The average molecular weight is 360 g/mol. The zero-order valence-electron chi connectivity index (χ0n) is 13.7. The standard InChI is InChI=1S/C20H19Cl2NO/c1-13(21)23(14(2)22)18-9-7-15(8-10-18)11-17-12-16-5-3-4-6-19(16)20(17)24/h3-11,13-14H,12H2,1-2H3. The Hall–Kier alpha value is -1.77. The van der Waals surface area contributed by atoms with Crippen molar-refractivity contribution >= 4 is 40.7 Å². The Morgan fingerprint density at radius 1 is 1.00 bits per heavy atom. The van der Waals surface area contributed by atoms with E-state index in [9.17, 15) is 4.79 Å². The monoisotopic (exact) mass is 359 g/mol. The van der Waals surface area contributed by atoms with Crippen molar-refractivity contribution in [3.63, 3.8) is 0 Å². The van der Waals surface area contributed by atoms with E-state index >= 15 is 0 Å². The maximum Gasteiger partial charge on any atom is 0.189 e. The number of rotatable bonds is 4. The first-order chi connectivity index (χ1) is 11.5. The molecule has 4 heteroatoms. The second-order valence-corrected chi connectivity index (χ2v) is 7.24. The number of nitrogens with zero attached hydrogens (tertiary/aromatic N) is 1. The summed E-state index contributed by atoms with van der Waals surface area (Å²) in [5, 5.41) is 0. The third-order valence-electron chi connectivity index (χ3n) is 4.23. The number of ketones is 1. The van der Waals surface area contributed by atoms with Crippen molar-refractivity contribution in [3.8, 4) is 0 Å². The molecule has 0 saturated carbocycles. The highest BCUT2D eigenvalue weighted by Crippen LogP contribution is 2.29. The smallest absolute Gasteiger partial charge is 0.189 e. The predicted molar refractivity (Wildman–Crippen MR) is 102 cm³/mol. The van der Waals surface area contributed by atoms with Crippen molar-refractivity contribution in [1.82, 2.24) is 0 Å². The molecule has 2 nitrogen and oxygen atoms in total. The number of allylic oxidation sites excluding steroid dienone is 1. The Morgan fingerprint density at radius 2 is 1.62 bits per heavy atom. The summed E-state index contributed by atoms with van der Waals surface area (Å²) >= 11 is 12.4. The minimum atomic E-state index is -0.201. The topological polar surface area (TPSA) is 20.3 Å². The van der Waals surface area contributed by atoms with E-state index in [2.05, 4.69) is 0 Å². The molecule has 0 aromatic heterocycles. The van der Waals surface area contributed by atoms with Crippen molar-refractivity contribution in [2.45, 2.75) is 31.3 Å². The Morgan fingerprint density at radius 3 is 2.21 bits per heavy atom. The minimum Gasteiger partial charge on any atom is -0.339 e. The number of halogens is 2. The molecule has 1 aliphatic rings. The number of hydrogen-bond donors (Lipinski definition) is 0. The Bertz CT molecular complexity index is 770. The van der Waals surface area contributed by atoms with E-state index in [4.69, 9.17) is 23.2 Å². The molecule has 2 atom stereocenters. The van der Waals surface area contributed by atoms with Crippen LogP contribution in [0, 0.1) is 0 Å². The molecule has 2 aromatic carbocycles. The summed E-state index contributed by atoms with van der Waals surface area (Å²) in [6.07, 6.45) is 2.66. The van der Waals surface area contributed by atoms with Gasteiger partial charge in [0.15, 0.2) is 5.78 Å². The highest BCUT2D eigenvalue weighted by molar-refractivity contribution is 6.25. The van der Waals surface area contributed by atoms with E-state index in [0.717, 1.165) is 28.0 Å². The van der Waals surface area contributed by atoms with Gasteiger partial charge in [-0.1, -0.05) is 59.6 Å². The van der Waals surface area contributed by atoms with Crippen LogP contribution in [-0.4, -0.2) is 16.8 Å². The molecule has 0 aliphatic heterocycles. The van der Waals surface area contributed by atoms with Gasteiger partial charge in [-0.25, -0.2) is 0 Å². The number of carbonyl (C=O) groups is 1. The van der Waals surface area contributed by atoms with Crippen LogP contribution < -0.4 is 4.90 Å². The summed E-state index contributed by atoms with van der Waals surface area (Å²) in [5.41, 5.74) is 4.31. The van der Waals surface area contributed by atoms with Crippen LogP contribution in [0.25, 0.3) is 6.08 Å². The van der Waals surface area contributed by atoms with Gasteiger partial charge in [0, 0.05) is 23.2 Å².